The Balaban J connectivity index is 1.50. The average molecular weight is 1280 g/mol. The molecule has 1 saturated carbocycles. The fourth-order valence-corrected chi connectivity index (χ4v) is 14.3. The zero-order valence-electron chi connectivity index (χ0n) is 55.8. The van der Waals surface area contributed by atoms with Crippen LogP contribution in [0.2, 0.25) is 0 Å². The van der Waals surface area contributed by atoms with Crippen LogP contribution in [0.15, 0.2) is 40.4 Å². The summed E-state index contributed by atoms with van der Waals surface area (Å²) < 4.78 is 100. The molecule has 0 bridgehead atoms. The number of sulfonamides is 1. The Morgan fingerprint density at radius 2 is 1.49 bits per heavy atom. The van der Waals surface area contributed by atoms with E-state index in [1.54, 1.807) is 80.5 Å². The van der Waals surface area contributed by atoms with Gasteiger partial charge in [-0.25, -0.2) is 17.9 Å². The van der Waals surface area contributed by atoms with E-state index in [0.717, 1.165) is 19.4 Å². The standard InChI is InChI=1S/C64H106N4O20S/c1-34(2)26-48(69)84-54-41(9)53(36(4)32-80-61-57(78-17)56(77-16)50(70)44(12)83-61)86-59(73)43(11)55(85-49-27-37(5)68(30-39(7)81-49)31-45-24-25-45)40(8)52(87-60-51(71)47(67-79-18)28-38(6)82-60)35(3)29-64(15,58(72)42(54)10)88-62(74)66-63(13,14)33-65-89(75,76)46-22-20-19-21-23-46/h19-23,34-45,49-57,60-61,65,70-71H,24-33H2,1-18H3,(H,66,74)/t35?,36?,37?,38-,39+,40?,41?,42?,43?,44-,49+,50-,51-,52?,53?,54?,55?,56-,57-,60+,61-,64?/m1/s1. The lowest BCUT2D eigenvalue weighted by atomic mass is 9.74. The number of aliphatic hydroxyl groups is 2. The number of carbonyl (C=O) groups excluding carboxylic acids is 4. The summed E-state index contributed by atoms with van der Waals surface area (Å²) in [5, 5.41) is 29.9. The van der Waals surface area contributed by atoms with Gasteiger partial charge < -0.3 is 72.5 Å². The Labute approximate surface area is 528 Å². The molecule has 1 amide bonds. The Bertz CT molecular complexity index is 2600. The molecule has 12 unspecified atom stereocenters. The average Bonchev–Trinajstić information content (AvgIpc) is 2.43. The van der Waals surface area contributed by atoms with E-state index in [9.17, 15) is 28.2 Å². The predicted molar refractivity (Wildman–Crippen MR) is 327 cm³/mol. The number of ether oxygens (including phenoxy) is 11. The number of methoxy groups -OCH3 is 2. The maximum Gasteiger partial charge on any atom is 0.408 e. The number of ketones is 1. The number of rotatable bonds is 22. The first kappa shape index (κ1) is 74.1. The molecule has 89 heavy (non-hydrogen) atoms. The number of hydrogen-bond acceptors (Lipinski definition) is 22. The molecule has 25 heteroatoms. The van der Waals surface area contributed by atoms with Crippen LogP contribution in [0.25, 0.3) is 0 Å². The highest BCUT2D eigenvalue weighted by atomic mass is 32.2. The van der Waals surface area contributed by atoms with Crippen LogP contribution in [-0.2, 0) is 81.3 Å². The molecule has 1 aromatic carbocycles. The van der Waals surface area contributed by atoms with Gasteiger partial charge in [0.25, 0.3) is 0 Å². The molecule has 4 aliphatic heterocycles. The van der Waals surface area contributed by atoms with Gasteiger partial charge in [-0.3, -0.25) is 19.3 Å². The third kappa shape index (κ3) is 19.8. The maximum atomic E-state index is 16.1. The van der Waals surface area contributed by atoms with Gasteiger partial charge >= 0.3 is 18.0 Å². The molecule has 5 fully saturated rings. The van der Waals surface area contributed by atoms with Crippen LogP contribution >= 0.6 is 0 Å². The van der Waals surface area contributed by atoms with E-state index in [1.165, 1.54) is 40.4 Å². The van der Waals surface area contributed by atoms with Crippen molar-refractivity contribution in [1.82, 2.24) is 14.9 Å². The zero-order valence-corrected chi connectivity index (χ0v) is 56.6. The number of amides is 1. The second-order valence-corrected chi connectivity index (χ2v) is 29.0. The lowest BCUT2D eigenvalue weighted by Crippen LogP contribution is -2.59. The Morgan fingerprint density at radius 3 is 2.11 bits per heavy atom. The summed E-state index contributed by atoms with van der Waals surface area (Å²) in [7, 11) is 0.220. The van der Waals surface area contributed by atoms with E-state index in [2.05, 4.69) is 27.0 Å². The van der Waals surface area contributed by atoms with Crippen molar-refractivity contribution in [2.75, 3.05) is 47.6 Å². The molecular formula is C64H106N4O20S. The first-order valence-corrected chi connectivity index (χ1v) is 33.4. The molecule has 0 radical (unpaired) electrons. The van der Waals surface area contributed by atoms with E-state index < -0.39 is 160 Å². The van der Waals surface area contributed by atoms with E-state index in [1.807, 2.05) is 27.7 Å². The zero-order chi connectivity index (χ0) is 66.0. The predicted octanol–water partition coefficient (Wildman–Crippen LogP) is 6.54. The monoisotopic (exact) mass is 1280 g/mol. The van der Waals surface area contributed by atoms with Crippen LogP contribution in [0.3, 0.4) is 0 Å². The van der Waals surface area contributed by atoms with Crippen molar-refractivity contribution in [1.29, 1.82) is 0 Å². The molecule has 1 aliphatic carbocycles. The van der Waals surface area contributed by atoms with Crippen molar-refractivity contribution < 1.29 is 94.8 Å². The molecule has 24 nitrogen and oxygen atoms in total. The van der Waals surface area contributed by atoms with Crippen LogP contribution in [0.1, 0.15) is 142 Å². The summed E-state index contributed by atoms with van der Waals surface area (Å²) in [6.07, 6.45) is -12.2. The smallest absolute Gasteiger partial charge is 0.408 e. The number of benzene rings is 1. The Kier molecular flexibility index (Phi) is 26.8. The van der Waals surface area contributed by atoms with Crippen LogP contribution in [0.5, 0.6) is 0 Å². The highest BCUT2D eigenvalue weighted by Gasteiger charge is 2.53. The number of alkyl carbamates (subject to hydrolysis) is 1. The number of oxime groups is 1. The topological polar surface area (TPSA) is 293 Å². The maximum absolute atomic E-state index is 16.1. The number of nitrogens with one attached hydrogen (secondary N) is 2. The summed E-state index contributed by atoms with van der Waals surface area (Å²) in [4.78, 5) is 68.2. The van der Waals surface area contributed by atoms with Gasteiger partial charge in [0.15, 0.2) is 30.3 Å². The molecule has 6 rings (SSSR count). The fraction of sp³-hybridized carbons (Fsp3) is 0.828. The quantitative estimate of drug-likeness (QED) is 0.0544. The van der Waals surface area contributed by atoms with Crippen LogP contribution in [0, 0.1) is 47.3 Å². The summed E-state index contributed by atoms with van der Waals surface area (Å²) in [5.74, 6) is -7.45. The highest BCUT2D eigenvalue weighted by molar-refractivity contribution is 7.89. The van der Waals surface area contributed by atoms with E-state index in [0.29, 0.717) is 18.9 Å². The van der Waals surface area contributed by atoms with Crippen molar-refractivity contribution in [2.45, 2.75) is 250 Å². The van der Waals surface area contributed by atoms with Gasteiger partial charge in [0.2, 0.25) is 10.0 Å². The second kappa shape index (κ2) is 32.3. The van der Waals surface area contributed by atoms with Gasteiger partial charge in [-0.2, -0.15) is 0 Å². The molecule has 1 aromatic rings. The van der Waals surface area contributed by atoms with Gasteiger partial charge in [0.05, 0.1) is 65.1 Å². The number of cyclic esters (lactones) is 1. The third-order valence-electron chi connectivity index (χ3n) is 18.1. The van der Waals surface area contributed by atoms with Crippen molar-refractivity contribution in [3.8, 4) is 0 Å². The molecule has 0 spiro atoms. The molecular weight excluding hydrogens is 1180 g/mol. The van der Waals surface area contributed by atoms with E-state index >= 15 is 9.59 Å². The normalized spacial score (nSPS) is 37.6. The molecule has 508 valence electrons. The first-order chi connectivity index (χ1) is 41.7. The molecule has 5 aliphatic rings. The minimum Gasteiger partial charge on any atom is -0.461 e. The lowest BCUT2D eigenvalue weighted by Gasteiger charge is -2.45. The van der Waals surface area contributed by atoms with E-state index in [4.69, 9.17) is 56.9 Å². The minimum atomic E-state index is -4.03. The van der Waals surface area contributed by atoms with Crippen LogP contribution in [0.4, 0.5) is 4.79 Å². The van der Waals surface area contributed by atoms with Gasteiger partial charge in [0, 0.05) is 76.9 Å². The number of carbonyl (C=O) groups is 4. The molecule has 0 aromatic heterocycles. The van der Waals surface area contributed by atoms with Crippen molar-refractivity contribution in [3.63, 3.8) is 0 Å². The summed E-state index contributed by atoms with van der Waals surface area (Å²) in [5.41, 5.74) is -3.18. The largest absolute Gasteiger partial charge is 0.461 e. The lowest BCUT2D eigenvalue weighted by molar-refractivity contribution is -0.305. The fourth-order valence-electron chi connectivity index (χ4n) is 13.0. The SMILES string of the molecule is CON=C1C[C@@H](C)O[C@@H](OC2C(C)CC(C)(OC(=O)NC(C)(C)CNS(=O)(=O)c3ccccc3)C(=O)C(C)C(OC(=O)CC(C)C)C(C)C(C(C)CO[C@@H]3O[C@H](C)[C@@H](O)[C@@H](OC)[C@H]3OC)OC(=O)C(C)C(O[C@H]3CC(C)N(CC4CC4)C[C@H](C)O3)C2C)[C@@H]1O. The summed E-state index contributed by atoms with van der Waals surface area (Å²) in [6.45, 7) is 27.5. The number of hydrogen-bond donors (Lipinski definition) is 4. The molecule has 4 saturated heterocycles. The van der Waals surface area contributed by atoms with Crippen molar-refractivity contribution in [2.24, 2.45) is 52.5 Å². The Hall–Kier alpha value is -3.96. The van der Waals surface area contributed by atoms with Gasteiger partial charge in [0.1, 0.15) is 43.7 Å². The Morgan fingerprint density at radius 1 is 0.831 bits per heavy atom. The molecule has 22 atom stereocenters. The minimum absolute atomic E-state index is 0.0155. The van der Waals surface area contributed by atoms with Crippen molar-refractivity contribution >= 4 is 39.6 Å². The van der Waals surface area contributed by atoms with Crippen molar-refractivity contribution in [3.05, 3.63) is 30.3 Å². The molecule has 4 N–H and O–H groups in total. The molecule has 4 heterocycles. The second-order valence-electron chi connectivity index (χ2n) is 27.3. The highest BCUT2D eigenvalue weighted by Crippen LogP contribution is 2.41. The van der Waals surface area contributed by atoms with Crippen LogP contribution in [-0.4, -0.2) is 204 Å². The van der Waals surface area contributed by atoms with Gasteiger partial charge in [-0.15, -0.1) is 0 Å². The first-order valence-electron chi connectivity index (χ1n) is 31.9. The number of esters is 2. The number of Topliss-reactive ketones (excluding diaryl/α,β-unsaturated/α-hetero) is 1. The van der Waals surface area contributed by atoms with Gasteiger partial charge in [-0.05, 0) is 105 Å². The number of nitrogens with zero attached hydrogens (tertiary/aromatic N) is 2. The summed E-state index contributed by atoms with van der Waals surface area (Å²) in [6, 6.07) is 7.77. The van der Waals surface area contributed by atoms with Crippen LogP contribution < -0.4 is 10.0 Å². The van der Waals surface area contributed by atoms with Gasteiger partial charge in [-0.1, -0.05) is 71.8 Å². The summed E-state index contributed by atoms with van der Waals surface area (Å²) >= 11 is 0. The number of aliphatic hydroxyl groups excluding tert-OH is 2. The van der Waals surface area contributed by atoms with E-state index in [-0.39, 0.29) is 61.1 Å². The third-order valence-corrected chi connectivity index (χ3v) is 19.5.